The van der Waals surface area contributed by atoms with Gasteiger partial charge in [0.15, 0.2) is 0 Å². The van der Waals surface area contributed by atoms with E-state index in [4.69, 9.17) is 15.8 Å². The lowest BCUT2D eigenvalue weighted by Crippen LogP contribution is -2.25. The van der Waals surface area contributed by atoms with E-state index in [1.54, 1.807) is 12.1 Å². The molecule has 0 spiro atoms. The first kappa shape index (κ1) is 21.0. The zero-order valence-corrected chi connectivity index (χ0v) is 17.0. The van der Waals surface area contributed by atoms with Crippen LogP contribution in [0.4, 0.5) is 5.69 Å². The van der Waals surface area contributed by atoms with Crippen molar-refractivity contribution in [2.24, 2.45) is 0 Å². The number of hydrogen-bond acceptors (Lipinski definition) is 9. The Hall–Kier alpha value is -1.73. The number of benzene rings is 2. The van der Waals surface area contributed by atoms with Crippen LogP contribution >= 0.6 is 22.6 Å². The van der Waals surface area contributed by atoms with Crippen LogP contribution in [0.25, 0.3) is 0 Å². The van der Waals surface area contributed by atoms with Crippen LogP contribution in [0.3, 0.4) is 0 Å². The van der Waals surface area contributed by atoms with Crippen molar-refractivity contribution in [3.05, 3.63) is 52.5 Å². The van der Waals surface area contributed by atoms with E-state index in [-0.39, 0.29) is 30.2 Å². The fourth-order valence-corrected chi connectivity index (χ4v) is 4.85. The van der Waals surface area contributed by atoms with Crippen molar-refractivity contribution in [3.8, 4) is 11.5 Å². The van der Waals surface area contributed by atoms with Gasteiger partial charge in [0.1, 0.15) is 23.4 Å². The van der Waals surface area contributed by atoms with Crippen molar-refractivity contribution in [2.75, 3.05) is 17.1 Å². The third-order valence-corrected chi connectivity index (χ3v) is 6.17. The van der Waals surface area contributed by atoms with Gasteiger partial charge >= 0.3 is 10.1 Å². The highest BCUT2D eigenvalue weighted by molar-refractivity contribution is 8.24. The van der Waals surface area contributed by atoms with Crippen LogP contribution in [-0.2, 0) is 16.5 Å². The summed E-state index contributed by atoms with van der Waals surface area (Å²) in [5.41, 5.74) is 1.23. The number of β-amino-alcohol motifs (C(OH)–C–C–N with tert-alkyl or cyclic N) is 1. The summed E-state index contributed by atoms with van der Waals surface area (Å²) in [5, 5.41) is 20.3. The first-order chi connectivity index (χ1) is 12.9. The van der Waals surface area contributed by atoms with E-state index >= 15 is 0 Å². The molecule has 3 rings (SSSR count). The molecule has 0 radical (unpaired) electrons. The van der Waals surface area contributed by atoms with Crippen molar-refractivity contribution in [1.29, 1.82) is 0 Å². The van der Waals surface area contributed by atoms with E-state index in [1.807, 2.05) is 0 Å². The van der Waals surface area contributed by atoms with E-state index in [2.05, 4.69) is 4.72 Å². The molecule has 0 saturated carbocycles. The van der Waals surface area contributed by atoms with Crippen molar-refractivity contribution in [1.82, 2.24) is 4.72 Å². The second kappa shape index (κ2) is 7.59. The fraction of sp³-hybridized carbons (Fsp3) is 0.250. The van der Waals surface area contributed by atoms with Gasteiger partial charge in [-0.1, -0.05) is 28.6 Å². The minimum atomic E-state index is -3.73. The largest absolute Gasteiger partial charge is 0.506 e. The van der Waals surface area contributed by atoms with Crippen LogP contribution in [0.1, 0.15) is 11.1 Å². The lowest BCUT2D eigenvalue weighted by molar-refractivity contribution is 0.182. The Balaban J connectivity index is 1.89. The van der Waals surface area contributed by atoms with Gasteiger partial charge in [0.05, 0.1) is 12.8 Å². The van der Waals surface area contributed by atoms with Gasteiger partial charge in [-0.25, -0.2) is 0 Å². The summed E-state index contributed by atoms with van der Waals surface area (Å²) in [4.78, 5) is 0. The first-order valence-corrected chi connectivity index (χ1v) is 11.7. The molecule has 0 aliphatic carbocycles. The molecule has 9 nitrogen and oxygen atoms in total. The van der Waals surface area contributed by atoms with E-state index in [9.17, 15) is 27.7 Å². The Morgan fingerprint density at radius 3 is 2.57 bits per heavy atom. The van der Waals surface area contributed by atoms with Gasteiger partial charge in [-0.3, -0.25) is 13.4 Å². The van der Waals surface area contributed by atoms with Crippen molar-refractivity contribution in [3.63, 3.8) is 0 Å². The molecule has 1 unspecified atom stereocenters. The molecular formula is C16H19ClN2O7S2. The summed E-state index contributed by atoms with van der Waals surface area (Å²) >= 11 is 6.00. The van der Waals surface area contributed by atoms with Crippen LogP contribution < -0.4 is 13.2 Å². The molecule has 2 aromatic rings. The lowest BCUT2D eigenvalue weighted by Gasteiger charge is -2.36. The molecule has 0 aromatic heterocycles. The smallest absolute Gasteiger partial charge is 0.306 e. The summed E-state index contributed by atoms with van der Waals surface area (Å²) in [6, 6.07) is 9.01. The Morgan fingerprint density at radius 1 is 1.29 bits per heavy atom. The highest BCUT2D eigenvalue weighted by atomic mass is 35.5. The number of phenols is 1. The molecule has 2 aromatic carbocycles. The van der Waals surface area contributed by atoms with E-state index in [0.29, 0.717) is 16.1 Å². The molecule has 28 heavy (non-hydrogen) atoms. The second-order valence-corrected chi connectivity index (χ2v) is 9.98. The molecule has 1 heterocycles. The number of anilines is 1. The minimum Gasteiger partial charge on any atom is -0.506 e. The maximum absolute atomic E-state index is 11.5. The maximum atomic E-state index is 11.5. The summed E-state index contributed by atoms with van der Waals surface area (Å²) in [7, 11) is -7.18. The highest BCUT2D eigenvalue weighted by Crippen LogP contribution is 2.49. The van der Waals surface area contributed by atoms with Crippen LogP contribution in [0.15, 0.2) is 36.4 Å². The Labute approximate surface area is 168 Å². The zero-order valence-electron chi connectivity index (χ0n) is 14.6. The maximum Gasteiger partial charge on any atom is 0.306 e. The number of nitrogens with one attached hydrogen (secondary N) is 1. The van der Waals surface area contributed by atoms with E-state index < -0.39 is 27.3 Å². The van der Waals surface area contributed by atoms with Gasteiger partial charge in [-0.05, 0) is 35.9 Å². The van der Waals surface area contributed by atoms with E-state index in [0.717, 1.165) is 10.6 Å². The number of phenolic OH excluding ortho intramolecular Hbond substituents is 1. The summed E-state index contributed by atoms with van der Waals surface area (Å²) in [6.07, 6.45) is -0.00885. The van der Waals surface area contributed by atoms with Crippen LogP contribution in [0, 0.1) is 0 Å². The minimum absolute atomic E-state index is 0.115. The topological polar surface area (TPSA) is 140 Å². The molecule has 5 N–H and O–H groups in total. The van der Waals surface area contributed by atoms with Gasteiger partial charge in [-0.15, -0.1) is 0 Å². The van der Waals surface area contributed by atoms with Crippen molar-refractivity contribution >= 4 is 38.4 Å². The normalized spacial score (nSPS) is 20.2. The molecule has 1 saturated heterocycles. The first-order valence-electron chi connectivity index (χ1n) is 7.95. The van der Waals surface area contributed by atoms with Crippen molar-refractivity contribution in [2.45, 2.75) is 12.6 Å². The average Bonchev–Trinajstić information content (AvgIpc) is 2.81. The summed E-state index contributed by atoms with van der Waals surface area (Å²) in [5.74, 6) is -0.113. The Morgan fingerprint density at radius 2 is 2.00 bits per heavy atom. The van der Waals surface area contributed by atoms with Crippen molar-refractivity contribution < 1.29 is 31.9 Å². The Bertz CT molecular complexity index is 1000. The SMILES string of the molecule is CS(=O)(=O)Oc1ccc(Cl)cc1Cc1ccc(N2CC(O)NS2(O)O)c(O)c1. The third-order valence-electron chi connectivity index (χ3n) is 3.91. The molecule has 1 atom stereocenters. The number of rotatable bonds is 5. The fourth-order valence-electron chi connectivity index (χ4n) is 2.82. The molecule has 1 aliphatic heterocycles. The van der Waals surface area contributed by atoms with Gasteiger partial charge in [0, 0.05) is 17.0 Å². The van der Waals surface area contributed by atoms with Crippen LogP contribution in [-0.4, -0.2) is 46.8 Å². The highest BCUT2D eigenvalue weighted by Gasteiger charge is 2.36. The molecule has 0 bridgehead atoms. The lowest BCUT2D eigenvalue weighted by atomic mass is 10.0. The summed E-state index contributed by atoms with van der Waals surface area (Å²) < 4.78 is 51.1. The van der Waals surface area contributed by atoms with Gasteiger partial charge < -0.3 is 14.4 Å². The Kier molecular flexibility index (Phi) is 5.69. The number of aliphatic hydroxyl groups excluding tert-OH is 1. The van der Waals surface area contributed by atoms with Crippen LogP contribution in [0.5, 0.6) is 11.5 Å². The molecule has 0 amide bonds. The van der Waals surface area contributed by atoms with E-state index in [1.165, 1.54) is 24.3 Å². The molecular weight excluding hydrogens is 432 g/mol. The number of nitrogens with zero attached hydrogens (tertiary/aromatic N) is 1. The zero-order chi connectivity index (χ0) is 20.7. The quantitative estimate of drug-likeness (QED) is 0.434. The van der Waals surface area contributed by atoms with Gasteiger partial charge in [-0.2, -0.15) is 13.1 Å². The predicted octanol–water partition coefficient (Wildman–Crippen LogP) is 2.28. The standard InChI is InChI=1S/C16H19ClN2O7S2/c1-27(22,23)26-15-5-3-12(17)8-11(15)6-10-2-4-13(14(20)7-10)19-9-16(21)18-28(19,24)25/h2-5,7-8,16,18,20-21,24-25H,6,9H2,1H3. The number of aliphatic hydroxyl groups is 1. The van der Waals surface area contributed by atoms with Gasteiger partial charge in [0.2, 0.25) is 0 Å². The number of hydrogen-bond donors (Lipinski definition) is 5. The van der Waals surface area contributed by atoms with Gasteiger partial charge in [0.25, 0.3) is 0 Å². The molecule has 1 aliphatic rings. The third kappa shape index (κ3) is 4.81. The monoisotopic (exact) mass is 450 g/mol. The number of aromatic hydroxyl groups is 1. The molecule has 12 heteroatoms. The predicted molar refractivity (Wildman–Crippen MR) is 107 cm³/mol. The average molecular weight is 451 g/mol. The molecule has 154 valence electrons. The second-order valence-electron chi connectivity index (χ2n) is 6.25. The number of halogens is 1. The van der Waals surface area contributed by atoms with Crippen LogP contribution in [0.2, 0.25) is 5.02 Å². The summed E-state index contributed by atoms with van der Waals surface area (Å²) in [6.45, 7) is -0.115. The molecule has 1 fully saturated rings.